The van der Waals surface area contributed by atoms with Crippen LogP contribution in [0.5, 0.6) is 0 Å². The molecule has 17 heavy (non-hydrogen) atoms. The molecule has 6 heteroatoms. The van der Waals surface area contributed by atoms with Crippen LogP contribution in [0.3, 0.4) is 0 Å². The standard InChI is InChI=1S/C11H12N2O4/c1-6(14)13-5-11(2-3-11)12-8-7(13)4-17-9(8)10(15)16/h4,12H,2-3,5H2,1H3,(H,15,16). The first-order valence-electron chi connectivity index (χ1n) is 5.43. The summed E-state index contributed by atoms with van der Waals surface area (Å²) in [7, 11) is 0. The number of amides is 1. The van der Waals surface area contributed by atoms with Crippen LogP contribution in [0, 0.1) is 0 Å². The van der Waals surface area contributed by atoms with E-state index < -0.39 is 5.97 Å². The third-order valence-electron chi connectivity index (χ3n) is 3.34. The Bertz CT molecular complexity index is 516. The number of hydrogen-bond acceptors (Lipinski definition) is 4. The normalized spacial score (nSPS) is 19.7. The lowest BCUT2D eigenvalue weighted by Crippen LogP contribution is -2.45. The van der Waals surface area contributed by atoms with Gasteiger partial charge in [-0.15, -0.1) is 0 Å². The van der Waals surface area contributed by atoms with Crippen molar-refractivity contribution in [2.75, 3.05) is 16.8 Å². The monoisotopic (exact) mass is 236 g/mol. The second-order valence-electron chi connectivity index (χ2n) is 4.64. The average molecular weight is 236 g/mol. The molecular weight excluding hydrogens is 224 g/mol. The van der Waals surface area contributed by atoms with Crippen LogP contribution in [-0.2, 0) is 4.79 Å². The van der Waals surface area contributed by atoms with Crippen LogP contribution < -0.4 is 10.2 Å². The van der Waals surface area contributed by atoms with E-state index in [9.17, 15) is 9.59 Å². The summed E-state index contributed by atoms with van der Waals surface area (Å²) in [4.78, 5) is 24.1. The van der Waals surface area contributed by atoms with E-state index in [1.54, 1.807) is 4.90 Å². The number of aromatic carboxylic acids is 1. The Balaban J connectivity index is 2.10. The fourth-order valence-corrected chi connectivity index (χ4v) is 2.23. The fraction of sp³-hybridized carbons (Fsp3) is 0.455. The summed E-state index contributed by atoms with van der Waals surface area (Å²) in [5, 5.41) is 12.2. The lowest BCUT2D eigenvalue weighted by Gasteiger charge is -2.33. The molecular formula is C11H12N2O4. The van der Waals surface area contributed by atoms with Crippen molar-refractivity contribution >= 4 is 23.3 Å². The molecule has 1 aliphatic carbocycles. The van der Waals surface area contributed by atoms with E-state index in [4.69, 9.17) is 9.52 Å². The number of furan rings is 1. The first-order valence-corrected chi connectivity index (χ1v) is 5.43. The number of carbonyl (C=O) groups excluding carboxylic acids is 1. The van der Waals surface area contributed by atoms with E-state index >= 15 is 0 Å². The molecule has 1 aromatic heterocycles. The molecule has 3 rings (SSSR count). The molecule has 0 aromatic carbocycles. The first kappa shape index (κ1) is 10.2. The molecule has 0 radical (unpaired) electrons. The summed E-state index contributed by atoms with van der Waals surface area (Å²) >= 11 is 0. The average Bonchev–Trinajstić information content (AvgIpc) is 2.86. The van der Waals surface area contributed by atoms with Crippen LogP contribution in [-0.4, -0.2) is 29.1 Å². The van der Waals surface area contributed by atoms with Crippen LogP contribution in [0.15, 0.2) is 10.7 Å². The van der Waals surface area contributed by atoms with Crippen LogP contribution >= 0.6 is 0 Å². The predicted octanol–water partition coefficient (Wildman–Crippen LogP) is 1.29. The van der Waals surface area contributed by atoms with Crippen molar-refractivity contribution in [2.24, 2.45) is 0 Å². The molecule has 2 heterocycles. The smallest absolute Gasteiger partial charge is 0.374 e. The molecule has 0 saturated heterocycles. The number of hydrogen-bond donors (Lipinski definition) is 2. The fourth-order valence-electron chi connectivity index (χ4n) is 2.23. The van der Waals surface area contributed by atoms with Gasteiger partial charge >= 0.3 is 5.97 Å². The molecule has 0 unspecified atom stereocenters. The summed E-state index contributed by atoms with van der Waals surface area (Å²) in [5.74, 6) is -1.35. The predicted molar refractivity (Wildman–Crippen MR) is 59.3 cm³/mol. The van der Waals surface area contributed by atoms with Gasteiger partial charge in [0.15, 0.2) is 0 Å². The van der Waals surface area contributed by atoms with Crippen molar-refractivity contribution in [3.05, 3.63) is 12.0 Å². The number of nitrogens with zero attached hydrogens (tertiary/aromatic N) is 1. The van der Waals surface area contributed by atoms with Crippen molar-refractivity contribution in [3.63, 3.8) is 0 Å². The van der Waals surface area contributed by atoms with Crippen LogP contribution in [0.4, 0.5) is 11.4 Å². The lowest BCUT2D eigenvalue weighted by atomic mass is 10.1. The zero-order valence-corrected chi connectivity index (χ0v) is 9.32. The summed E-state index contributed by atoms with van der Waals surface area (Å²) in [6, 6.07) is 0. The van der Waals surface area contributed by atoms with Gasteiger partial charge in [-0.2, -0.15) is 0 Å². The Morgan fingerprint density at radius 2 is 2.24 bits per heavy atom. The van der Waals surface area contributed by atoms with Crippen molar-refractivity contribution in [3.8, 4) is 0 Å². The third kappa shape index (κ3) is 1.40. The number of carboxylic acids is 1. The Kier molecular flexibility index (Phi) is 1.81. The molecule has 1 fully saturated rings. The molecule has 1 aliphatic heterocycles. The maximum Gasteiger partial charge on any atom is 0.374 e. The first-order chi connectivity index (χ1) is 8.02. The highest BCUT2D eigenvalue weighted by Gasteiger charge is 2.50. The molecule has 2 N–H and O–H groups in total. The largest absolute Gasteiger partial charge is 0.475 e. The van der Waals surface area contributed by atoms with Crippen molar-refractivity contribution < 1.29 is 19.1 Å². The maximum atomic E-state index is 11.6. The van der Waals surface area contributed by atoms with Gasteiger partial charge in [0, 0.05) is 13.5 Å². The van der Waals surface area contributed by atoms with Crippen LogP contribution in [0.2, 0.25) is 0 Å². The van der Waals surface area contributed by atoms with Gasteiger partial charge in [-0.25, -0.2) is 4.79 Å². The lowest BCUT2D eigenvalue weighted by molar-refractivity contribution is -0.116. The summed E-state index contributed by atoms with van der Waals surface area (Å²) in [6.07, 6.45) is 3.21. The van der Waals surface area contributed by atoms with Gasteiger partial charge in [0.2, 0.25) is 11.7 Å². The Labute approximate surface area is 97.2 Å². The molecule has 2 aliphatic rings. The van der Waals surface area contributed by atoms with Crippen molar-refractivity contribution in [2.45, 2.75) is 25.3 Å². The van der Waals surface area contributed by atoms with Gasteiger partial charge < -0.3 is 19.7 Å². The Morgan fingerprint density at radius 3 is 2.76 bits per heavy atom. The van der Waals surface area contributed by atoms with Gasteiger partial charge in [0.1, 0.15) is 17.6 Å². The Morgan fingerprint density at radius 1 is 1.53 bits per heavy atom. The molecule has 1 saturated carbocycles. The third-order valence-corrected chi connectivity index (χ3v) is 3.34. The molecule has 1 amide bonds. The second kappa shape index (κ2) is 3.03. The Hall–Kier alpha value is -1.98. The minimum atomic E-state index is -1.13. The number of fused-ring (bicyclic) bond motifs is 1. The topological polar surface area (TPSA) is 82.8 Å². The van der Waals surface area contributed by atoms with Gasteiger partial charge in [0.25, 0.3) is 0 Å². The molecule has 90 valence electrons. The minimum Gasteiger partial charge on any atom is -0.475 e. The zero-order valence-electron chi connectivity index (χ0n) is 9.32. The maximum absolute atomic E-state index is 11.6. The van der Waals surface area contributed by atoms with Gasteiger partial charge in [-0.3, -0.25) is 4.79 Å². The van der Waals surface area contributed by atoms with E-state index in [1.165, 1.54) is 13.2 Å². The number of rotatable bonds is 1. The second-order valence-corrected chi connectivity index (χ2v) is 4.64. The van der Waals surface area contributed by atoms with Gasteiger partial charge in [-0.05, 0) is 12.8 Å². The van der Waals surface area contributed by atoms with E-state index in [1.807, 2.05) is 0 Å². The quantitative estimate of drug-likeness (QED) is 0.767. The van der Waals surface area contributed by atoms with E-state index in [0.29, 0.717) is 17.9 Å². The number of carboxylic acid groups (broad SMARTS) is 1. The SMILES string of the molecule is CC(=O)N1CC2(CC2)Nc2c1coc2C(=O)O. The highest BCUT2D eigenvalue weighted by atomic mass is 16.4. The highest BCUT2D eigenvalue weighted by Crippen LogP contribution is 2.48. The zero-order chi connectivity index (χ0) is 12.2. The number of anilines is 2. The summed E-state index contributed by atoms with van der Waals surface area (Å²) in [6.45, 7) is 2.05. The van der Waals surface area contributed by atoms with Gasteiger partial charge in [0.05, 0.1) is 5.54 Å². The summed E-state index contributed by atoms with van der Waals surface area (Å²) < 4.78 is 5.02. The minimum absolute atomic E-state index is 0.100. The van der Waals surface area contributed by atoms with E-state index in [-0.39, 0.29) is 17.2 Å². The van der Waals surface area contributed by atoms with Crippen molar-refractivity contribution in [1.29, 1.82) is 0 Å². The molecule has 6 nitrogen and oxygen atoms in total. The molecule has 1 spiro atoms. The summed E-state index contributed by atoms with van der Waals surface area (Å²) in [5.41, 5.74) is 0.802. The molecule has 0 atom stereocenters. The number of carbonyl (C=O) groups is 2. The highest BCUT2D eigenvalue weighted by molar-refractivity contribution is 6.02. The van der Waals surface area contributed by atoms with E-state index in [0.717, 1.165) is 12.8 Å². The number of nitrogens with one attached hydrogen (secondary N) is 1. The van der Waals surface area contributed by atoms with Crippen LogP contribution in [0.1, 0.15) is 30.3 Å². The van der Waals surface area contributed by atoms with Crippen molar-refractivity contribution in [1.82, 2.24) is 0 Å². The van der Waals surface area contributed by atoms with Gasteiger partial charge in [-0.1, -0.05) is 0 Å². The van der Waals surface area contributed by atoms with Crippen LogP contribution in [0.25, 0.3) is 0 Å². The molecule has 0 bridgehead atoms. The van der Waals surface area contributed by atoms with E-state index in [2.05, 4.69) is 5.32 Å². The molecule has 1 aromatic rings.